The SMILES string of the molecule is CSCCC(C)N(C)S(=O)(=O)c1ccc(C)c(CCl)c1. The van der Waals surface area contributed by atoms with Gasteiger partial charge in [-0.05, 0) is 55.5 Å². The Morgan fingerprint density at radius 2 is 2.05 bits per heavy atom. The molecule has 0 amide bonds. The molecule has 0 aliphatic heterocycles. The maximum atomic E-state index is 12.6. The molecule has 0 aliphatic carbocycles. The number of rotatable bonds is 7. The van der Waals surface area contributed by atoms with E-state index < -0.39 is 10.0 Å². The Hall–Kier alpha value is -0.230. The van der Waals surface area contributed by atoms with E-state index in [0.29, 0.717) is 10.8 Å². The second kappa shape index (κ2) is 7.69. The van der Waals surface area contributed by atoms with E-state index in [9.17, 15) is 8.42 Å². The van der Waals surface area contributed by atoms with Gasteiger partial charge in [0, 0.05) is 19.0 Å². The molecule has 3 nitrogen and oxygen atoms in total. The average molecular weight is 336 g/mol. The minimum atomic E-state index is -3.45. The molecule has 0 saturated carbocycles. The third-order valence-electron chi connectivity index (χ3n) is 3.50. The van der Waals surface area contributed by atoms with Crippen molar-refractivity contribution >= 4 is 33.4 Å². The summed E-state index contributed by atoms with van der Waals surface area (Å²) in [7, 11) is -1.81. The number of halogens is 1. The van der Waals surface area contributed by atoms with E-state index in [1.807, 2.05) is 26.2 Å². The van der Waals surface area contributed by atoms with Gasteiger partial charge in [-0.25, -0.2) is 8.42 Å². The lowest BCUT2D eigenvalue weighted by atomic mass is 10.1. The Bertz CT molecular complexity index is 546. The molecule has 1 atom stereocenters. The first-order valence-electron chi connectivity index (χ1n) is 6.47. The standard InChI is InChI=1S/C14H22ClNO2S2/c1-11-5-6-14(9-13(11)10-15)20(17,18)16(3)12(2)7-8-19-4/h5-6,9,12H,7-8,10H2,1-4H3. The van der Waals surface area contributed by atoms with Gasteiger partial charge in [0.15, 0.2) is 0 Å². The molecule has 0 spiro atoms. The molecule has 0 N–H and O–H groups in total. The van der Waals surface area contributed by atoms with Gasteiger partial charge in [0.2, 0.25) is 10.0 Å². The van der Waals surface area contributed by atoms with Crippen molar-refractivity contribution in [2.75, 3.05) is 19.1 Å². The number of alkyl halides is 1. The second-order valence-electron chi connectivity index (χ2n) is 4.87. The van der Waals surface area contributed by atoms with Crippen LogP contribution in [0.15, 0.2) is 23.1 Å². The molecule has 0 aromatic heterocycles. The largest absolute Gasteiger partial charge is 0.243 e. The van der Waals surface area contributed by atoms with E-state index in [4.69, 9.17) is 11.6 Å². The number of hydrogen-bond donors (Lipinski definition) is 0. The van der Waals surface area contributed by atoms with Gasteiger partial charge in [-0.15, -0.1) is 11.6 Å². The van der Waals surface area contributed by atoms with Crippen LogP contribution in [0.2, 0.25) is 0 Å². The number of benzene rings is 1. The summed E-state index contributed by atoms with van der Waals surface area (Å²) < 4.78 is 26.6. The van der Waals surface area contributed by atoms with E-state index in [2.05, 4.69) is 0 Å². The predicted octanol–water partition coefficient (Wildman–Crippen LogP) is 3.50. The zero-order chi connectivity index (χ0) is 15.3. The first-order chi connectivity index (χ1) is 9.34. The Morgan fingerprint density at radius 1 is 1.40 bits per heavy atom. The zero-order valence-corrected chi connectivity index (χ0v) is 14.8. The lowest BCUT2D eigenvalue weighted by Gasteiger charge is -2.24. The number of aryl methyl sites for hydroxylation is 1. The molecule has 114 valence electrons. The van der Waals surface area contributed by atoms with Crippen LogP contribution in [0.5, 0.6) is 0 Å². The Balaban J connectivity index is 3.03. The highest BCUT2D eigenvalue weighted by molar-refractivity contribution is 7.98. The Morgan fingerprint density at radius 3 is 2.60 bits per heavy atom. The van der Waals surface area contributed by atoms with Gasteiger partial charge in [0.05, 0.1) is 4.90 Å². The molecule has 0 fully saturated rings. The minimum absolute atomic E-state index is 0.0202. The molecule has 6 heteroatoms. The van der Waals surface area contributed by atoms with Crippen LogP contribution >= 0.6 is 23.4 Å². The molecule has 0 radical (unpaired) electrons. The molecule has 1 aromatic carbocycles. The summed E-state index contributed by atoms with van der Waals surface area (Å²) in [5, 5.41) is 0. The molecule has 20 heavy (non-hydrogen) atoms. The van der Waals surface area contributed by atoms with Gasteiger partial charge in [0.25, 0.3) is 0 Å². The highest BCUT2D eigenvalue weighted by Crippen LogP contribution is 2.22. The van der Waals surface area contributed by atoms with Gasteiger partial charge in [-0.1, -0.05) is 6.07 Å². The first-order valence-corrected chi connectivity index (χ1v) is 9.84. The fourth-order valence-corrected chi connectivity index (χ4v) is 4.13. The first kappa shape index (κ1) is 17.8. The van der Waals surface area contributed by atoms with E-state index >= 15 is 0 Å². The minimum Gasteiger partial charge on any atom is -0.207 e. The molecule has 0 saturated heterocycles. The fourth-order valence-electron chi connectivity index (χ4n) is 1.83. The topological polar surface area (TPSA) is 37.4 Å². The summed E-state index contributed by atoms with van der Waals surface area (Å²) in [6, 6.07) is 5.12. The number of hydrogen-bond acceptors (Lipinski definition) is 3. The summed E-state index contributed by atoms with van der Waals surface area (Å²) in [5.74, 6) is 1.27. The normalized spacial score (nSPS) is 13.7. The van der Waals surface area contributed by atoms with E-state index in [1.165, 1.54) is 4.31 Å². The van der Waals surface area contributed by atoms with Crippen molar-refractivity contribution < 1.29 is 8.42 Å². The molecule has 1 rings (SSSR count). The van der Waals surface area contributed by atoms with Gasteiger partial charge in [0.1, 0.15) is 0 Å². The molecule has 0 heterocycles. The fraction of sp³-hybridized carbons (Fsp3) is 0.571. The van der Waals surface area contributed by atoms with E-state index in [0.717, 1.165) is 23.3 Å². The van der Waals surface area contributed by atoms with Crippen molar-refractivity contribution in [1.82, 2.24) is 4.31 Å². The van der Waals surface area contributed by atoms with Crippen LogP contribution in [-0.4, -0.2) is 37.8 Å². The highest BCUT2D eigenvalue weighted by Gasteiger charge is 2.25. The van der Waals surface area contributed by atoms with Gasteiger partial charge in [-0.3, -0.25) is 0 Å². The van der Waals surface area contributed by atoms with Gasteiger partial charge in [-0.2, -0.15) is 16.1 Å². The van der Waals surface area contributed by atoms with Crippen LogP contribution in [0.3, 0.4) is 0 Å². The van der Waals surface area contributed by atoms with Crippen molar-refractivity contribution in [1.29, 1.82) is 0 Å². The van der Waals surface area contributed by atoms with Crippen LogP contribution in [0.1, 0.15) is 24.5 Å². The zero-order valence-electron chi connectivity index (χ0n) is 12.4. The van der Waals surface area contributed by atoms with Crippen molar-refractivity contribution in [3.8, 4) is 0 Å². The van der Waals surface area contributed by atoms with Crippen molar-refractivity contribution in [3.05, 3.63) is 29.3 Å². The highest BCUT2D eigenvalue weighted by atomic mass is 35.5. The van der Waals surface area contributed by atoms with Crippen LogP contribution in [0.4, 0.5) is 0 Å². The smallest absolute Gasteiger partial charge is 0.207 e. The third kappa shape index (κ3) is 4.13. The summed E-state index contributed by atoms with van der Waals surface area (Å²) in [5.41, 5.74) is 1.87. The average Bonchev–Trinajstić information content (AvgIpc) is 2.44. The number of thioether (sulfide) groups is 1. The van der Waals surface area contributed by atoms with Crippen LogP contribution in [-0.2, 0) is 15.9 Å². The lowest BCUT2D eigenvalue weighted by Crippen LogP contribution is -2.35. The van der Waals surface area contributed by atoms with Crippen molar-refractivity contribution in [2.45, 2.75) is 37.1 Å². The molecule has 0 bridgehead atoms. The number of sulfonamides is 1. The van der Waals surface area contributed by atoms with Crippen LogP contribution in [0, 0.1) is 6.92 Å². The van der Waals surface area contributed by atoms with Crippen molar-refractivity contribution in [3.63, 3.8) is 0 Å². The van der Waals surface area contributed by atoms with E-state index in [-0.39, 0.29) is 6.04 Å². The summed E-state index contributed by atoms with van der Waals surface area (Å²) in [6.45, 7) is 3.86. The van der Waals surface area contributed by atoms with Crippen LogP contribution < -0.4 is 0 Å². The molecule has 0 aliphatic rings. The summed E-state index contributed by atoms with van der Waals surface area (Å²) in [6.07, 6.45) is 2.86. The maximum Gasteiger partial charge on any atom is 0.243 e. The predicted molar refractivity (Wildman–Crippen MR) is 88.1 cm³/mol. The Labute approximate surface area is 131 Å². The summed E-state index contributed by atoms with van der Waals surface area (Å²) >= 11 is 7.58. The second-order valence-corrected chi connectivity index (χ2v) is 8.12. The molecule has 1 unspecified atom stereocenters. The lowest BCUT2D eigenvalue weighted by molar-refractivity contribution is 0.382. The maximum absolute atomic E-state index is 12.6. The molecule has 1 aromatic rings. The third-order valence-corrected chi connectivity index (χ3v) is 6.40. The van der Waals surface area contributed by atoms with Gasteiger partial charge >= 0.3 is 0 Å². The van der Waals surface area contributed by atoms with Gasteiger partial charge < -0.3 is 0 Å². The van der Waals surface area contributed by atoms with E-state index in [1.54, 1.807) is 30.9 Å². The van der Waals surface area contributed by atoms with Crippen LogP contribution in [0.25, 0.3) is 0 Å². The number of nitrogens with zero attached hydrogens (tertiary/aromatic N) is 1. The quantitative estimate of drug-likeness (QED) is 0.716. The van der Waals surface area contributed by atoms with Crippen molar-refractivity contribution in [2.24, 2.45) is 0 Å². The Kier molecular flexibility index (Phi) is 6.85. The summed E-state index contributed by atoms with van der Waals surface area (Å²) in [4.78, 5) is 0.317. The molecular formula is C14H22ClNO2S2. The molecular weight excluding hydrogens is 314 g/mol. The monoisotopic (exact) mass is 335 g/mol.